The van der Waals surface area contributed by atoms with Gasteiger partial charge in [-0.25, -0.2) is 13.8 Å². The number of alkyl halides is 2. The second-order valence-corrected chi connectivity index (χ2v) is 8.86. The molecule has 0 spiro atoms. The van der Waals surface area contributed by atoms with Crippen LogP contribution in [0.1, 0.15) is 96.8 Å². The van der Waals surface area contributed by atoms with E-state index in [1.165, 1.54) is 89.2 Å². The molecule has 0 saturated carbocycles. The topological polar surface area (TPSA) is 65.0 Å². The minimum atomic E-state index is -2.97. The number of carbonyl (C=O) groups excluding carboxylic acids is 1. The van der Waals surface area contributed by atoms with Crippen LogP contribution in [0.2, 0.25) is 0 Å². The van der Waals surface area contributed by atoms with Crippen LogP contribution in [0.25, 0.3) is 0 Å². The van der Waals surface area contributed by atoms with Crippen LogP contribution < -0.4 is 33.6 Å². The summed E-state index contributed by atoms with van der Waals surface area (Å²) in [5.74, 6) is -1.10. The molecule has 0 N–H and O–H groups in total. The largest absolute Gasteiger partial charge is 1.00 e. The third-order valence-corrected chi connectivity index (χ3v) is 6.04. The zero-order chi connectivity index (χ0) is 24.6. The van der Waals surface area contributed by atoms with Crippen molar-refractivity contribution in [2.45, 2.75) is 103 Å². The number of halogens is 2. The normalized spacial score (nSPS) is 14.5. The molecule has 0 fully saturated rings. The molecule has 35 heavy (non-hydrogen) atoms. The number of amides is 1. The summed E-state index contributed by atoms with van der Waals surface area (Å²) in [6.45, 7) is 2.78. The predicted octanol–water partition coefficient (Wildman–Crippen LogP) is 3.76. The summed E-state index contributed by atoms with van der Waals surface area (Å²) in [7, 11) is 0. The van der Waals surface area contributed by atoms with Crippen LogP contribution in [0.5, 0.6) is 5.75 Å². The first-order valence-electron chi connectivity index (χ1n) is 12.8. The Bertz CT molecular complexity index is 802. The number of aliphatic imine (C=N–C) groups is 1. The number of benzene rings is 1. The minimum absolute atomic E-state index is 0. The van der Waals surface area contributed by atoms with E-state index >= 15 is 0 Å². The molecule has 0 atom stereocenters. The van der Waals surface area contributed by atoms with Gasteiger partial charge in [-0.05, 0) is 18.6 Å². The van der Waals surface area contributed by atoms with Crippen molar-refractivity contribution in [3.05, 3.63) is 36.2 Å². The Hall–Kier alpha value is -1.84. The fourth-order valence-electron chi connectivity index (χ4n) is 4.11. The van der Waals surface area contributed by atoms with Crippen LogP contribution in [0.4, 0.5) is 14.5 Å². The summed E-state index contributed by atoms with van der Waals surface area (Å²) in [6, 6.07) is 6.39. The van der Waals surface area contributed by atoms with Crippen LogP contribution in [0.3, 0.4) is 0 Å². The maximum Gasteiger partial charge on any atom is 1.00 e. The Kier molecular flexibility index (Phi) is 16.4. The Balaban J connectivity index is 0.00000612. The third kappa shape index (κ3) is 11.2. The first kappa shape index (κ1) is 31.2. The second kappa shape index (κ2) is 18.4. The van der Waals surface area contributed by atoms with E-state index in [4.69, 9.17) is 4.74 Å². The monoisotopic (exact) mass is 484 g/mol. The molecule has 0 radical (unpaired) electrons. The molecular formula is C27H39F2LiN2O3. The van der Waals surface area contributed by atoms with Crippen LogP contribution >= 0.6 is 0 Å². The Labute approximate surface area is 221 Å². The molecule has 1 aromatic carbocycles. The van der Waals surface area contributed by atoms with Gasteiger partial charge in [0, 0.05) is 6.07 Å². The van der Waals surface area contributed by atoms with Gasteiger partial charge in [0.05, 0.1) is 12.3 Å². The van der Waals surface area contributed by atoms with Gasteiger partial charge in [0.2, 0.25) is 0 Å². The van der Waals surface area contributed by atoms with Gasteiger partial charge in [0.1, 0.15) is 11.4 Å². The van der Waals surface area contributed by atoms with E-state index in [1.54, 1.807) is 12.1 Å². The smallest absolute Gasteiger partial charge is 0.876 e. The Morgan fingerprint density at radius 2 is 1.49 bits per heavy atom. The van der Waals surface area contributed by atoms with Crippen LogP contribution in [0.15, 0.2) is 41.2 Å². The van der Waals surface area contributed by atoms with E-state index in [1.807, 2.05) is 0 Å². The third-order valence-electron chi connectivity index (χ3n) is 6.04. The van der Waals surface area contributed by atoms with Crippen molar-refractivity contribution >= 4 is 17.4 Å². The molecule has 0 aromatic heterocycles. The van der Waals surface area contributed by atoms with Crippen molar-refractivity contribution in [2.24, 2.45) is 4.99 Å². The number of nitrogens with zero attached hydrogens (tertiary/aromatic N) is 2. The first-order chi connectivity index (χ1) is 16.6. The fourth-order valence-corrected chi connectivity index (χ4v) is 4.11. The van der Waals surface area contributed by atoms with Crippen molar-refractivity contribution in [3.63, 3.8) is 0 Å². The van der Waals surface area contributed by atoms with E-state index in [0.717, 1.165) is 17.7 Å². The van der Waals surface area contributed by atoms with E-state index in [9.17, 15) is 18.7 Å². The van der Waals surface area contributed by atoms with Gasteiger partial charge in [-0.1, -0.05) is 96.5 Å². The summed E-state index contributed by atoms with van der Waals surface area (Å²) in [4.78, 5) is 16.5. The van der Waals surface area contributed by atoms with Gasteiger partial charge in [0.15, 0.2) is 5.84 Å². The molecule has 1 aliphatic heterocycles. The molecule has 190 valence electrons. The molecule has 1 heterocycles. The van der Waals surface area contributed by atoms with Gasteiger partial charge in [-0.15, -0.1) is 6.26 Å². The molecular weight excluding hydrogens is 445 g/mol. The Morgan fingerprint density at radius 3 is 2.00 bits per heavy atom. The molecule has 1 amide bonds. The summed E-state index contributed by atoms with van der Waals surface area (Å²) in [5.41, 5.74) is -0.316. The molecule has 0 aliphatic carbocycles. The van der Waals surface area contributed by atoms with E-state index in [2.05, 4.69) is 11.9 Å². The molecule has 2 rings (SSSR count). The number of ether oxygens (including phenoxy) is 1. The number of hydrogen-bond donors (Lipinski definition) is 0. The zero-order valence-electron chi connectivity index (χ0n) is 21.4. The quantitative estimate of drug-likeness (QED) is 0.138. The molecule has 1 aromatic rings. The number of amidine groups is 1. The number of carbonyl (C=O) groups is 1. The van der Waals surface area contributed by atoms with Crippen LogP contribution in [-0.4, -0.2) is 24.8 Å². The molecule has 0 bridgehead atoms. The zero-order valence-corrected chi connectivity index (χ0v) is 21.4. The summed E-state index contributed by atoms with van der Waals surface area (Å²) in [6.07, 6.45) is 15.2. The Morgan fingerprint density at radius 1 is 0.943 bits per heavy atom. The summed E-state index contributed by atoms with van der Waals surface area (Å²) in [5, 5.41) is 10.9. The van der Waals surface area contributed by atoms with Gasteiger partial charge in [0.25, 0.3) is 12.3 Å². The number of anilines is 1. The average molecular weight is 485 g/mol. The number of hydrogen-bond acceptors (Lipinski definition) is 4. The van der Waals surface area contributed by atoms with Crippen molar-refractivity contribution < 1.29 is 42.3 Å². The van der Waals surface area contributed by atoms with E-state index in [0.29, 0.717) is 12.4 Å². The molecule has 1 aliphatic rings. The van der Waals surface area contributed by atoms with Crippen LogP contribution in [-0.2, 0) is 4.79 Å². The van der Waals surface area contributed by atoms with Gasteiger partial charge in [-0.2, -0.15) is 0 Å². The van der Waals surface area contributed by atoms with Crippen molar-refractivity contribution in [2.75, 3.05) is 11.5 Å². The van der Waals surface area contributed by atoms with Crippen molar-refractivity contribution in [1.82, 2.24) is 0 Å². The minimum Gasteiger partial charge on any atom is -0.876 e. The number of rotatable bonds is 18. The maximum atomic E-state index is 13.3. The molecule has 8 heteroatoms. The van der Waals surface area contributed by atoms with Gasteiger partial charge >= 0.3 is 18.9 Å². The fraction of sp³-hybridized carbons (Fsp3) is 0.630. The molecule has 5 nitrogen and oxygen atoms in total. The summed E-state index contributed by atoms with van der Waals surface area (Å²) < 4.78 is 32.3. The standard InChI is InChI=1S/C27H40F2N2O3.Li/c1-2-3-4-5-6-7-8-9-10-11-12-13-14-15-19-34-23-18-16-17-22(20-23)31-26(25(28)29)30-24(21-32)27(31)33;/h16-18,20-21,25,32H,2-15,19H2,1H3;/q;+1/p-1/b24-21+;. The van der Waals surface area contributed by atoms with E-state index in [-0.39, 0.29) is 30.8 Å². The summed E-state index contributed by atoms with van der Waals surface area (Å²) >= 11 is 0. The SMILES string of the molecule is CCCCCCCCCCCCCCCCOc1cccc(N2C(=O)/C(=C\[O-])N=C2C(F)F)c1.[Li+]. The van der Waals surface area contributed by atoms with Crippen LogP contribution in [0, 0.1) is 0 Å². The van der Waals surface area contributed by atoms with E-state index < -0.39 is 23.9 Å². The number of unbranched alkanes of at least 4 members (excludes halogenated alkanes) is 13. The van der Waals surface area contributed by atoms with Crippen molar-refractivity contribution in [1.29, 1.82) is 0 Å². The maximum absolute atomic E-state index is 13.3. The van der Waals surface area contributed by atoms with Crippen molar-refractivity contribution in [3.8, 4) is 5.75 Å². The second-order valence-electron chi connectivity index (χ2n) is 8.86. The molecule has 0 saturated heterocycles. The van der Waals surface area contributed by atoms with Gasteiger partial charge in [-0.3, -0.25) is 9.69 Å². The van der Waals surface area contributed by atoms with Gasteiger partial charge < -0.3 is 9.84 Å². The predicted molar refractivity (Wildman–Crippen MR) is 131 cm³/mol. The molecule has 0 unspecified atom stereocenters. The average Bonchev–Trinajstić information content (AvgIpc) is 3.18. The first-order valence-corrected chi connectivity index (χ1v) is 12.8.